The molecule has 7 aromatic carbocycles. The maximum Gasteiger partial charge on any atom is 0.0720 e. The zero-order chi connectivity index (χ0) is 30.2. The minimum absolute atomic E-state index is 0.405. The molecule has 11 rings (SSSR count). The minimum atomic E-state index is -0.446. The summed E-state index contributed by atoms with van der Waals surface area (Å²) in [5.41, 5.74) is 17.1. The van der Waals surface area contributed by atoms with Crippen LogP contribution >= 0.6 is 11.3 Å². The van der Waals surface area contributed by atoms with Gasteiger partial charge in [-0.3, -0.25) is 0 Å². The van der Waals surface area contributed by atoms with E-state index in [2.05, 4.69) is 159 Å². The number of hydrogen-bond acceptors (Lipinski definition) is 1. The molecule has 214 valence electrons. The SMILES string of the molecule is Cc1cccc2c1-c1c(ccc3sc4ccccc4c13)C21c2ccccc2C2(c3ccccc3-c3ccccc32)c2ccccc21. The second kappa shape index (κ2) is 8.51. The van der Waals surface area contributed by atoms with Crippen LogP contribution in [0, 0.1) is 6.92 Å². The Bertz CT molecular complexity index is 2520. The van der Waals surface area contributed by atoms with Gasteiger partial charge in [0.15, 0.2) is 0 Å². The molecule has 0 atom stereocenters. The summed E-state index contributed by atoms with van der Waals surface area (Å²) >= 11 is 1.91. The van der Waals surface area contributed by atoms with E-state index in [9.17, 15) is 0 Å². The first-order valence-electron chi connectivity index (χ1n) is 16.2. The lowest BCUT2D eigenvalue weighted by molar-refractivity contribution is 0.633. The molecule has 1 heteroatoms. The third-order valence-corrected chi connectivity index (χ3v) is 12.4. The van der Waals surface area contributed by atoms with Crippen molar-refractivity contribution < 1.29 is 0 Å². The van der Waals surface area contributed by atoms with Crippen LogP contribution in [0.2, 0.25) is 0 Å². The smallest absolute Gasteiger partial charge is 0.0720 e. The molecule has 0 saturated carbocycles. The minimum Gasteiger partial charge on any atom is -0.135 e. The summed E-state index contributed by atoms with van der Waals surface area (Å²) < 4.78 is 2.71. The Labute approximate surface area is 272 Å². The van der Waals surface area contributed by atoms with E-state index < -0.39 is 10.8 Å². The first-order valence-corrected chi connectivity index (χ1v) is 17.0. The van der Waals surface area contributed by atoms with Crippen LogP contribution in [0.25, 0.3) is 42.4 Å². The van der Waals surface area contributed by atoms with Crippen molar-refractivity contribution in [3.63, 3.8) is 0 Å². The van der Waals surface area contributed by atoms with E-state index in [1.54, 1.807) is 0 Å². The molecule has 1 aromatic heterocycles. The van der Waals surface area contributed by atoms with E-state index in [4.69, 9.17) is 0 Å². The maximum absolute atomic E-state index is 2.47. The van der Waals surface area contributed by atoms with Gasteiger partial charge in [0.05, 0.1) is 10.8 Å². The van der Waals surface area contributed by atoms with Crippen molar-refractivity contribution in [3.05, 3.63) is 202 Å². The van der Waals surface area contributed by atoms with Gasteiger partial charge in [-0.1, -0.05) is 140 Å². The van der Waals surface area contributed by atoms with Crippen molar-refractivity contribution in [1.29, 1.82) is 0 Å². The van der Waals surface area contributed by atoms with Gasteiger partial charge in [0.2, 0.25) is 0 Å². The molecule has 46 heavy (non-hydrogen) atoms. The highest BCUT2D eigenvalue weighted by atomic mass is 32.1. The molecule has 0 nitrogen and oxygen atoms in total. The fourth-order valence-electron chi connectivity index (χ4n) is 9.81. The lowest BCUT2D eigenvalue weighted by Gasteiger charge is -2.48. The number of benzene rings is 7. The van der Waals surface area contributed by atoms with Crippen LogP contribution in [0.15, 0.2) is 152 Å². The van der Waals surface area contributed by atoms with Gasteiger partial charge in [0.25, 0.3) is 0 Å². The highest BCUT2D eigenvalue weighted by molar-refractivity contribution is 7.26. The Balaban J connectivity index is 1.38. The Morgan fingerprint density at radius 3 is 1.48 bits per heavy atom. The van der Waals surface area contributed by atoms with Crippen LogP contribution in [0.5, 0.6) is 0 Å². The van der Waals surface area contributed by atoms with Crippen LogP contribution in [-0.4, -0.2) is 0 Å². The van der Waals surface area contributed by atoms with Gasteiger partial charge in [-0.2, -0.15) is 0 Å². The van der Waals surface area contributed by atoms with Crippen molar-refractivity contribution in [3.8, 4) is 22.3 Å². The second-order valence-corrected chi connectivity index (χ2v) is 14.2. The molecule has 0 N–H and O–H groups in total. The molecule has 2 spiro atoms. The highest BCUT2D eigenvalue weighted by Crippen LogP contribution is 2.68. The van der Waals surface area contributed by atoms with Crippen LogP contribution in [0.1, 0.15) is 50.1 Å². The van der Waals surface area contributed by atoms with Crippen LogP contribution in [0.3, 0.4) is 0 Å². The van der Waals surface area contributed by atoms with Crippen LogP contribution in [0.4, 0.5) is 0 Å². The summed E-state index contributed by atoms with van der Waals surface area (Å²) in [5.74, 6) is 0. The molecular weight excluding hydrogens is 573 g/mol. The molecule has 0 saturated heterocycles. The molecular formula is C45H28S. The monoisotopic (exact) mass is 600 g/mol. The summed E-state index contributed by atoms with van der Waals surface area (Å²) in [7, 11) is 0. The summed E-state index contributed by atoms with van der Waals surface area (Å²) in [5, 5.41) is 2.76. The zero-order valence-corrected chi connectivity index (χ0v) is 26.2. The van der Waals surface area contributed by atoms with Gasteiger partial charge >= 0.3 is 0 Å². The van der Waals surface area contributed by atoms with Crippen LogP contribution < -0.4 is 0 Å². The summed E-state index contributed by atoms with van der Waals surface area (Å²) in [4.78, 5) is 0. The Morgan fingerprint density at radius 1 is 0.370 bits per heavy atom. The van der Waals surface area contributed by atoms with E-state index in [-0.39, 0.29) is 0 Å². The molecule has 0 fully saturated rings. The molecule has 0 radical (unpaired) electrons. The standard InChI is InChI=1S/C45H28S/c1-27-13-12-23-37-41(27)43-38(25-26-40-42(43)30-16-4-11-24-39(30)46-40)45(37)35-21-9-7-19-33(35)44(34-20-8-10-22-36(34)45)31-17-5-2-14-28(31)29-15-3-6-18-32(29)44/h2-26H,1H3. The zero-order valence-electron chi connectivity index (χ0n) is 25.3. The summed E-state index contributed by atoms with van der Waals surface area (Å²) in [6, 6.07) is 57.9. The van der Waals surface area contributed by atoms with Gasteiger partial charge in [-0.25, -0.2) is 0 Å². The molecule has 0 amide bonds. The van der Waals surface area contributed by atoms with E-state index in [1.165, 1.54) is 92.5 Å². The predicted molar refractivity (Wildman–Crippen MR) is 192 cm³/mol. The number of aryl methyl sites for hydroxylation is 1. The van der Waals surface area contributed by atoms with Gasteiger partial charge in [0.1, 0.15) is 0 Å². The molecule has 0 aliphatic heterocycles. The Hall–Kier alpha value is -5.24. The van der Waals surface area contributed by atoms with Crippen molar-refractivity contribution in [2.24, 2.45) is 0 Å². The molecule has 0 unspecified atom stereocenters. The quantitative estimate of drug-likeness (QED) is 0.162. The molecule has 1 heterocycles. The van der Waals surface area contributed by atoms with Crippen LogP contribution in [-0.2, 0) is 10.8 Å². The Kier molecular flexibility index (Phi) is 4.63. The lowest BCUT2D eigenvalue weighted by atomic mass is 9.52. The highest BCUT2D eigenvalue weighted by Gasteiger charge is 2.59. The van der Waals surface area contributed by atoms with Gasteiger partial charge in [0, 0.05) is 20.2 Å². The normalized spacial score (nSPS) is 15.4. The lowest BCUT2D eigenvalue weighted by Crippen LogP contribution is -2.43. The van der Waals surface area contributed by atoms with E-state index in [0.29, 0.717) is 0 Å². The van der Waals surface area contributed by atoms with Crippen molar-refractivity contribution >= 4 is 31.5 Å². The van der Waals surface area contributed by atoms with Gasteiger partial charge in [-0.15, -0.1) is 11.3 Å². The maximum atomic E-state index is 2.47. The third kappa shape index (κ3) is 2.64. The predicted octanol–water partition coefficient (Wildman–Crippen LogP) is 11.4. The van der Waals surface area contributed by atoms with E-state index in [0.717, 1.165) is 0 Å². The number of fused-ring (bicyclic) bond motifs is 20. The second-order valence-electron chi connectivity index (χ2n) is 13.1. The average Bonchev–Trinajstić information content (AvgIpc) is 3.73. The number of hydrogen-bond donors (Lipinski definition) is 0. The van der Waals surface area contributed by atoms with Gasteiger partial charge in [-0.05, 0) is 91.4 Å². The number of rotatable bonds is 0. The number of thiophene rings is 1. The summed E-state index contributed by atoms with van der Waals surface area (Å²) in [6.07, 6.45) is 0. The first-order chi connectivity index (χ1) is 22.8. The van der Waals surface area contributed by atoms with E-state index >= 15 is 0 Å². The average molecular weight is 601 g/mol. The molecule has 3 aliphatic carbocycles. The Morgan fingerprint density at radius 2 is 0.848 bits per heavy atom. The molecule has 3 aliphatic rings. The first kappa shape index (κ1) is 25.0. The van der Waals surface area contributed by atoms with Crippen molar-refractivity contribution in [1.82, 2.24) is 0 Å². The van der Waals surface area contributed by atoms with Crippen molar-refractivity contribution in [2.45, 2.75) is 17.8 Å². The largest absolute Gasteiger partial charge is 0.135 e. The van der Waals surface area contributed by atoms with E-state index in [1.807, 2.05) is 11.3 Å². The fraction of sp³-hybridized carbons (Fsp3) is 0.0667. The topological polar surface area (TPSA) is 0 Å². The van der Waals surface area contributed by atoms with Gasteiger partial charge < -0.3 is 0 Å². The van der Waals surface area contributed by atoms with Crippen molar-refractivity contribution in [2.75, 3.05) is 0 Å². The summed E-state index contributed by atoms with van der Waals surface area (Å²) in [6.45, 7) is 2.31. The molecule has 0 bridgehead atoms. The third-order valence-electron chi connectivity index (χ3n) is 11.3. The fourth-order valence-corrected chi connectivity index (χ4v) is 10.9. The molecule has 8 aromatic rings.